The van der Waals surface area contributed by atoms with Crippen LogP contribution in [-0.2, 0) is 9.59 Å². The fourth-order valence-electron chi connectivity index (χ4n) is 3.76. The summed E-state index contributed by atoms with van der Waals surface area (Å²) < 4.78 is 0. The van der Waals surface area contributed by atoms with Crippen molar-refractivity contribution >= 4 is 17.5 Å². The molecule has 0 bridgehead atoms. The van der Waals surface area contributed by atoms with Crippen LogP contribution in [0, 0.1) is 25.7 Å². The van der Waals surface area contributed by atoms with E-state index < -0.39 is 0 Å². The van der Waals surface area contributed by atoms with E-state index in [9.17, 15) is 9.59 Å². The minimum absolute atomic E-state index is 0.0714. The third kappa shape index (κ3) is 3.26. The van der Waals surface area contributed by atoms with Crippen LogP contribution in [0.25, 0.3) is 0 Å². The highest BCUT2D eigenvalue weighted by molar-refractivity contribution is 6.00. The predicted molar refractivity (Wildman–Crippen MR) is 91.4 cm³/mol. The second kappa shape index (κ2) is 6.34. The van der Waals surface area contributed by atoms with Crippen molar-refractivity contribution in [3.8, 4) is 0 Å². The zero-order chi connectivity index (χ0) is 16.6. The molecule has 4 heteroatoms. The molecule has 0 spiro atoms. The van der Waals surface area contributed by atoms with Crippen LogP contribution in [0.3, 0.4) is 0 Å². The number of anilines is 1. The summed E-state index contributed by atoms with van der Waals surface area (Å²) in [6.07, 6.45) is 2.62. The number of carbonyl (C=O) groups excluding carboxylic acids is 2. The van der Waals surface area contributed by atoms with E-state index in [1.54, 1.807) is 4.90 Å². The average molecular weight is 314 g/mol. The molecule has 0 radical (unpaired) electrons. The van der Waals surface area contributed by atoms with Gasteiger partial charge in [0.25, 0.3) is 0 Å². The Hall–Kier alpha value is -1.84. The van der Waals surface area contributed by atoms with Gasteiger partial charge < -0.3 is 9.80 Å². The molecule has 1 aromatic carbocycles. The van der Waals surface area contributed by atoms with E-state index in [1.165, 1.54) is 6.42 Å². The number of hydrogen-bond acceptors (Lipinski definition) is 2. The maximum Gasteiger partial charge on any atom is 0.228 e. The van der Waals surface area contributed by atoms with Crippen LogP contribution in [0.2, 0.25) is 0 Å². The average Bonchev–Trinajstić information content (AvgIpc) is 2.90. The van der Waals surface area contributed by atoms with Crippen LogP contribution in [-0.4, -0.2) is 36.3 Å². The normalized spacial score (nSPS) is 25.1. The van der Waals surface area contributed by atoms with Crippen molar-refractivity contribution in [2.24, 2.45) is 11.8 Å². The van der Waals surface area contributed by atoms with Crippen molar-refractivity contribution in [2.45, 2.75) is 40.0 Å². The number of benzene rings is 1. The Bertz CT molecular complexity index is 626. The van der Waals surface area contributed by atoms with Crippen LogP contribution in [0.5, 0.6) is 0 Å². The molecule has 2 heterocycles. The number of piperidine rings is 1. The molecular formula is C19H26N2O2. The van der Waals surface area contributed by atoms with Gasteiger partial charge in [-0.15, -0.1) is 0 Å². The molecule has 1 aromatic rings. The zero-order valence-corrected chi connectivity index (χ0v) is 14.3. The third-order valence-electron chi connectivity index (χ3n) is 5.10. The monoisotopic (exact) mass is 314 g/mol. The van der Waals surface area contributed by atoms with Gasteiger partial charge in [0.1, 0.15) is 0 Å². The summed E-state index contributed by atoms with van der Waals surface area (Å²) in [5.74, 6) is 0.618. The molecule has 0 aliphatic carbocycles. The lowest BCUT2D eigenvalue weighted by Gasteiger charge is -2.32. The Kier molecular flexibility index (Phi) is 4.42. The van der Waals surface area contributed by atoms with Crippen LogP contribution in [0.1, 0.15) is 37.3 Å². The highest BCUT2D eigenvalue weighted by atomic mass is 16.2. The number of amides is 2. The summed E-state index contributed by atoms with van der Waals surface area (Å²) in [6.45, 7) is 8.45. The fourth-order valence-corrected chi connectivity index (χ4v) is 3.76. The minimum atomic E-state index is -0.187. The second-order valence-electron chi connectivity index (χ2n) is 7.23. The second-order valence-corrected chi connectivity index (χ2v) is 7.23. The zero-order valence-electron chi connectivity index (χ0n) is 14.3. The maximum absolute atomic E-state index is 12.8. The van der Waals surface area contributed by atoms with Crippen molar-refractivity contribution in [3.63, 3.8) is 0 Å². The van der Waals surface area contributed by atoms with Gasteiger partial charge >= 0.3 is 0 Å². The first kappa shape index (κ1) is 16.0. The van der Waals surface area contributed by atoms with E-state index >= 15 is 0 Å². The maximum atomic E-state index is 12.8. The van der Waals surface area contributed by atoms with Gasteiger partial charge in [-0.05, 0) is 49.8 Å². The fraction of sp³-hybridized carbons (Fsp3) is 0.579. The Labute approximate surface area is 138 Å². The summed E-state index contributed by atoms with van der Waals surface area (Å²) in [7, 11) is 0. The van der Waals surface area contributed by atoms with Gasteiger partial charge in [0.05, 0.1) is 5.92 Å². The van der Waals surface area contributed by atoms with Gasteiger partial charge in [0.2, 0.25) is 11.8 Å². The van der Waals surface area contributed by atoms with Crippen molar-refractivity contribution in [3.05, 3.63) is 29.3 Å². The molecule has 2 amide bonds. The lowest BCUT2D eigenvalue weighted by Crippen LogP contribution is -2.43. The van der Waals surface area contributed by atoms with E-state index in [0.717, 1.165) is 36.3 Å². The quantitative estimate of drug-likeness (QED) is 0.842. The van der Waals surface area contributed by atoms with Crippen molar-refractivity contribution in [2.75, 3.05) is 24.5 Å². The highest BCUT2D eigenvalue weighted by Crippen LogP contribution is 2.30. The highest BCUT2D eigenvalue weighted by Gasteiger charge is 2.38. The van der Waals surface area contributed by atoms with E-state index in [4.69, 9.17) is 0 Å². The van der Waals surface area contributed by atoms with Gasteiger partial charge in [0, 0.05) is 31.7 Å². The molecule has 2 aliphatic rings. The van der Waals surface area contributed by atoms with Gasteiger partial charge in [-0.3, -0.25) is 9.59 Å². The Morgan fingerprint density at radius 1 is 1.22 bits per heavy atom. The number of nitrogens with zero attached hydrogens (tertiary/aromatic N) is 2. The molecule has 23 heavy (non-hydrogen) atoms. The number of likely N-dealkylation sites (tertiary alicyclic amines) is 1. The molecule has 2 fully saturated rings. The topological polar surface area (TPSA) is 40.6 Å². The summed E-state index contributed by atoms with van der Waals surface area (Å²) in [5.41, 5.74) is 3.18. The van der Waals surface area contributed by atoms with Gasteiger partial charge in [-0.1, -0.05) is 19.1 Å². The van der Waals surface area contributed by atoms with Crippen molar-refractivity contribution < 1.29 is 9.59 Å². The molecule has 3 rings (SSSR count). The molecule has 0 unspecified atom stereocenters. The number of rotatable bonds is 2. The molecule has 2 atom stereocenters. The Morgan fingerprint density at radius 2 is 2.00 bits per heavy atom. The summed E-state index contributed by atoms with van der Waals surface area (Å²) in [5, 5.41) is 0. The van der Waals surface area contributed by atoms with Crippen LogP contribution in [0.15, 0.2) is 18.2 Å². The molecule has 2 saturated heterocycles. The number of aryl methyl sites for hydroxylation is 2. The molecule has 0 aromatic heterocycles. The van der Waals surface area contributed by atoms with E-state index in [2.05, 4.69) is 13.0 Å². The molecule has 0 saturated carbocycles. The van der Waals surface area contributed by atoms with Crippen molar-refractivity contribution in [1.29, 1.82) is 0 Å². The molecular weight excluding hydrogens is 288 g/mol. The molecule has 4 nitrogen and oxygen atoms in total. The van der Waals surface area contributed by atoms with Crippen LogP contribution < -0.4 is 4.90 Å². The van der Waals surface area contributed by atoms with Crippen LogP contribution in [0.4, 0.5) is 5.69 Å². The largest absolute Gasteiger partial charge is 0.342 e. The first-order valence-corrected chi connectivity index (χ1v) is 8.62. The summed E-state index contributed by atoms with van der Waals surface area (Å²) in [6, 6.07) is 6.14. The minimum Gasteiger partial charge on any atom is -0.342 e. The van der Waals surface area contributed by atoms with Crippen LogP contribution >= 0.6 is 0 Å². The smallest absolute Gasteiger partial charge is 0.228 e. The molecule has 2 aliphatic heterocycles. The molecule has 124 valence electrons. The predicted octanol–water partition coefficient (Wildman–Crippen LogP) is 2.91. The van der Waals surface area contributed by atoms with Gasteiger partial charge in [-0.2, -0.15) is 0 Å². The Balaban J connectivity index is 1.74. The van der Waals surface area contributed by atoms with Crippen molar-refractivity contribution in [1.82, 2.24) is 4.90 Å². The summed E-state index contributed by atoms with van der Waals surface area (Å²) >= 11 is 0. The van der Waals surface area contributed by atoms with Gasteiger partial charge in [-0.25, -0.2) is 0 Å². The van der Waals surface area contributed by atoms with E-state index in [1.807, 2.05) is 30.9 Å². The van der Waals surface area contributed by atoms with E-state index in [0.29, 0.717) is 18.9 Å². The standard InChI is InChI=1S/C19H26N2O2/c1-13-6-7-15(3)17(9-13)21-12-16(10-18(21)22)19(23)20-8-4-5-14(2)11-20/h6-7,9,14,16H,4-5,8,10-12H2,1-3H3/t14-,16-/m0/s1. The lowest BCUT2D eigenvalue weighted by molar-refractivity contribution is -0.137. The number of carbonyl (C=O) groups is 2. The summed E-state index contributed by atoms with van der Waals surface area (Å²) in [4.78, 5) is 29.0. The first-order chi connectivity index (χ1) is 11.0. The first-order valence-electron chi connectivity index (χ1n) is 8.62. The SMILES string of the molecule is Cc1ccc(C)c(N2C[C@@H](C(=O)N3CCC[C@H](C)C3)CC2=O)c1. The third-order valence-corrected chi connectivity index (χ3v) is 5.10. The lowest BCUT2D eigenvalue weighted by atomic mass is 9.98. The Morgan fingerprint density at radius 3 is 2.74 bits per heavy atom. The van der Waals surface area contributed by atoms with E-state index in [-0.39, 0.29) is 17.7 Å². The molecule has 0 N–H and O–H groups in total. The number of hydrogen-bond donors (Lipinski definition) is 0. The van der Waals surface area contributed by atoms with Gasteiger partial charge in [0.15, 0.2) is 0 Å².